The third kappa shape index (κ3) is 4.03. The maximum Gasteiger partial charge on any atom is 0.244 e. The second-order valence-corrected chi connectivity index (χ2v) is 8.71. The molecule has 0 saturated heterocycles. The number of ether oxygens (including phenoxy) is 1. The number of carbonyl (C=O) groups is 1. The van der Waals surface area contributed by atoms with Crippen LogP contribution in [0, 0.1) is 0 Å². The lowest BCUT2D eigenvalue weighted by Gasteiger charge is -2.26. The Morgan fingerprint density at radius 1 is 1.23 bits per heavy atom. The van der Waals surface area contributed by atoms with E-state index in [1.807, 2.05) is 24.3 Å². The van der Waals surface area contributed by atoms with Gasteiger partial charge < -0.3 is 10.1 Å². The SMILES string of the molecule is COc1ccc(NC(C)=O)cc1S(=O)(=O)N[C@H]1CCSc2ccccc21. The largest absolute Gasteiger partial charge is 0.495 e. The van der Waals surface area contributed by atoms with E-state index in [2.05, 4.69) is 10.0 Å². The lowest BCUT2D eigenvalue weighted by molar-refractivity contribution is -0.114. The number of fused-ring (bicyclic) bond motifs is 1. The van der Waals surface area contributed by atoms with Crippen LogP contribution in [0.1, 0.15) is 24.9 Å². The Bertz CT molecular complexity index is 929. The minimum absolute atomic E-state index is 0.00181. The molecule has 1 aliphatic rings. The molecule has 2 aromatic carbocycles. The first-order valence-electron chi connectivity index (χ1n) is 8.10. The van der Waals surface area contributed by atoms with E-state index >= 15 is 0 Å². The molecule has 138 valence electrons. The molecule has 1 atom stereocenters. The van der Waals surface area contributed by atoms with Crippen LogP contribution in [-0.2, 0) is 14.8 Å². The van der Waals surface area contributed by atoms with Crippen molar-refractivity contribution in [1.82, 2.24) is 4.72 Å². The summed E-state index contributed by atoms with van der Waals surface area (Å²) in [5.74, 6) is 0.794. The molecule has 1 amide bonds. The minimum Gasteiger partial charge on any atom is -0.495 e. The molecule has 0 radical (unpaired) electrons. The zero-order chi connectivity index (χ0) is 18.7. The first-order chi connectivity index (χ1) is 12.4. The summed E-state index contributed by atoms with van der Waals surface area (Å²) in [7, 11) is -2.42. The average Bonchev–Trinajstić information content (AvgIpc) is 2.61. The van der Waals surface area contributed by atoms with E-state index in [1.54, 1.807) is 17.8 Å². The quantitative estimate of drug-likeness (QED) is 0.816. The van der Waals surface area contributed by atoms with Crippen molar-refractivity contribution in [1.29, 1.82) is 0 Å². The second kappa shape index (κ2) is 7.69. The number of benzene rings is 2. The molecule has 3 rings (SSSR count). The first kappa shape index (κ1) is 18.8. The van der Waals surface area contributed by atoms with Gasteiger partial charge >= 0.3 is 0 Å². The number of rotatable bonds is 5. The summed E-state index contributed by atoms with van der Waals surface area (Å²) < 4.78 is 34.0. The summed E-state index contributed by atoms with van der Waals surface area (Å²) in [5, 5.41) is 2.60. The summed E-state index contributed by atoms with van der Waals surface area (Å²) >= 11 is 1.72. The summed E-state index contributed by atoms with van der Waals surface area (Å²) in [4.78, 5) is 12.4. The Hall–Kier alpha value is -2.03. The van der Waals surface area contributed by atoms with Crippen molar-refractivity contribution in [3.63, 3.8) is 0 Å². The Morgan fingerprint density at radius 3 is 2.73 bits per heavy atom. The summed E-state index contributed by atoms with van der Waals surface area (Å²) in [6, 6.07) is 12.0. The van der Waals surface area contributed by atoms with E-state index in [1.165, 1.54) is 26.2 Å². The van der Waals surface area contributed by atoms with Crippen molar-refractivity contribution in [2.75, 3.05) is 18.2 Å². The Morgan fingerprint density at radius 2 is 2.00 bits per heavy atom. The fourth-order valence-corrected chi connectivity index (χ4v) is 5.45. The standard InChI is InChI=1S/C18H20N2O4S2/c1-12(21)19-13-7-8-16(24-2)18(11-13)26(22,23)20-15-9-10-25-17-6-4-3-5-14(15)17/h3-8,11,15,20H,9-10H2,1-2H3,(H,19,21)/t15-/m0/s1. The Labute approximate surface area is 157 Å². The first-order valence-corrected chi connectivity index (χ1v) is 10.6. The number of anilines is 1. The van der Waals surface area contributed by atoms with E-state index < -0.39 is 10.0 Å². The predicted molar refractivity (Wildman–Crippen MR) is 102 cm³/mol. The van der Waals surface area contributed by atoms with Gasteiger partial charge in [0, 0.05) is 23.5 Å². The molecular weight excluding hydrogens is 372 g/mol. The van der Waals surface area contributed by atoms with Crippen LogP contribution >= 0.6 is 11.8 Å². The molecular formula is C18H20N2O4S2. The summed E-state index contributed by atoms with van der Waals surface area (Å²) in [6.07, 6.45) is 0.703. The zero-order valence-electron chi connectivity index (χ0n) is 14.5. The summed E-state index contributed by atoms with van der Waals surface area (Å²) in [6.45, 7) is 1.37. The highest BCUT2D eigenvalue weighted by atomic mass is 32.2. The third-order valence-electron chi connectivity index (χ3n) is 4.03. The van der Waals surface area contributed by atoms with E-state index in [0.717, 1.165) is 16.2 Å². The molecule has 2 N–H and O–H groups in total. The topological polar surface area (TPSA) is 84.5 Å². The lowest BCUT2D eigenvalue weighted by atomic mass is 10.1. The zero-order valence-corrected chi connectivity index (χ0v) is 16.1. The van der Waals surface area contributed by atoms with Crippen LogP contribution in [0.5, 0.6) is 5.75 Å². The Kier molecular flexibility index (Phi) is 5.55. The average molecular weight is 393 g/mol. The third-order valence-corrected chi connectivity index (χ3v) is 6.64. The number of sulfonamides is 1. The van der Waals surface area contributed by atoms with Crippen molar-refractivity contribution in [2.24, 2.45) is 0 Å². The molecule has 0 aliphatic carbocycles. The van der Waals surface area contributed by atoms with Gasteiger partial charge in [-0.05, 0) is 42.0 Å². The molecule has 0 spiro atoms. The van der Waals surface area contributed by atoms with E-state index in [0.29, 0.717) is 12.1 Å². The fourth-order valence-electron chi connectivity index (χ4n) is 2.88. The Balaban J connectivity index is 1.95. The van der Waals surface area contributed by atoms with Gasteiger partial charge in [0.05, 0.1) is 7.11 Å². The highest BCUT2D eigenvalue weighted by Gasteiger charge is 2.28. The maximum atomic E-state index is 13.0. The van der Waals surface area contributed by atoms with Crippen LogP contribution in [0.25, 0.3) is 0 Å². The smallest absolute Gasteiger partial charge is 0.244 e. The summed E-state index contributed by atoms with van der Waals surface area (Å²) in [5.41, 5.74) is 1.38. The highest BCUT2D eigenvalue weighted by Crippen LogP contribution is 2.37. The van der Waals surface area contributed by atoms with Crippen LogP contribution in [0.2, 0.25) is 0 Å². The molecule has 0 fully saturated rings. The van der Waals surface area contributed by atoms with Crippen LogP contribution < -0.4 is 14.8 Å². The molecule has 0 unspecified atom stereocenters. The number of carbonyl (C=O) groups excluding carboxylic acids is 1. The van der Waals surface area contributed by atoms with Gasteiger partial charge in [0.2, 0.25) is 15.9 Å². The molecule has 1 heterocycles. The minimum atomic E-state index is -3.84. The molecule has 0 saturated carbocycles. The van der Waals surface area contributed by atoms with Gasteiger partial charge in [-0.3, -0.25) is 4.79 Å². The van der Waals surface area contributed by atoms with Gasteiger partial charge in [-0.15, -0.1) is 11.8 Å². The van der Waals surface area contributed by atoms with Crippen LogP contribution in [0.15, 0.2) is 52.3 Å². The number of nitrogens with one attached hydrogen (secondary N) is 2. The molecule has 8 heteroatoms. The maximum absolute atomic E-state index is 13.0. The van der Waals surface area contributed by atoms with Crippen molar-refractivity contribution < 1.29 is 17.9 Å². The second-order valence-electron chi connectivity index (χ2n) is 5.90. The molecule has 0 bridgehead atoms. The van der Waals surface area contributed by atoms with Gasteiger partial charge in [-0.25, -0.2) is 13.1 Å². The molecule has 6 nitrogen and oxygen atoms in total. The predicted octanol–water partition coefficient (Wildman–Crippen LogP) is 3.17. The van der Waals surface area contributed by atoms with Gasteiger partial charge in [-0.2, -0.15) is 0 Å². The molecule has 1 aliphatic heterocycles. The van der Waals surface area contributed by atoms with E-state index in [9.17, 15) is 13.2 Å². The monoisotopic (exact) mass is 392 g/mol. The van der Waals surface area contributed by atoms with Crippen LogP contribution in [0.4, 0.5) is 5.69 Å². The van der Waals surface area contributed by atoms with Crippen molar-refractivity contribution >= 4 is 33.4 Å². The number of methoxy groups -OCH3 is 1. The number of hydrogen-bond donors (Lipinski definition) is 2. The van der Waals surface area contributed by atoms with Crippen molar-refractivity contribution in [3.05, 3.63) is 48.0 Å². The van der Waals surface area contributed by atoms with Gasteiger partial charge in [-0.1, -0.05) is 18.2 Å². The number of hydrogen-bond acceptors (Lipinski definition) is 5. The number of thioether (sulfide) groups is 1. The molecule has 0 aromatic heterocycles. The van der Waals surface area contributed by atoms with E-state index in [-0.39, 0.29) is 22.6 Å². The molecule has 26 heavy (non-hydrogen) atoms. The molecule has 2 aromatic rings. The van der Waals surface area contributed by atoms with Gasteiger partial charge in [0.1, 0.15) is 10.6 Å². The van der Waals surface area contributed by atoms with E-state index in [4.69, 9.17) is 4.74 Å². The van der Waals surface area contributed by atoms with Crippen LogP contribution in [-0.4, -0.2) is 27.2 Å². The van der Waals surface area contributed by atoms with Gasteiger partial charge in [0.15, 0.2) is 0 Å². The van der Waals surface area contributed by atoms with Crippen LogP contribution in [0.3, 0.4) is 0 Å². The van der Waals surface area contributed by atoms with Gasteiger partial charge in [0.25, 0.3) is 0 Å². The van der Waals surface area contributed by atoms with Crippen molar-refractivity contribution in [3.8, 4) is 5.75 Å². The highest BCUT2D eigenvalue weighted by molar-refractivity contribution is 7.99. The normalized spacial score (nSPS) is 16.6. The fraction of sp³-hybridized carbons (Fsp3) is 0.278. The van der Waals surface area contributed by atoms with Crippen molar-refractivity contribution in [2.45, 2.75) is 29.2 Å². The number of amides is 1. The lowest BCUT2D eigenvalue weighted by Crippen LogP contribution is -2.31.